The molecule has 0 bridgehead atoms. The molecule has 1 fully saturated rings. The second kappa shape index (κ2) is 6.73. The second-order valence-corrected chi connectivity index (χ2v) is 6.44. The molecule has 0 atom stereocenters. The van der Waals surface area contributed by atoms with Gasteiger partial charge in [0, 0.05) is 13.1 Å². The van der Waals surface area contributed by atoms with E-state index in [0.717, 1.165) is 43.4 Å². The van der Waals surface area contributed by atoms with Crippen LogP contribution >= 0.6 is 12.2 Å². The Morgan fingerprint density at radius 1 is 1.43 bits per heavy atom. The molecule has 116 valence electrons. The Kier molecular flexibility index (Phi) is 5.19. The summed E-state index contributed by atoms with van der Waals surface area (Å²) >= 11 is 5.01. The van der Waals surface area contributed by atoms with E-state index in [9.17, 15) is 5.11 Å². The van der Waals surface area contributed by atoms with Gasteiger partial charge in [-0.15, -0.1) is 0 Å². The number of hydrogen-bond acceptors (Lipinski definition) is 4. The number of rotatable bonds is 6. The number of methoxy groups -OCH3 is 1. The molecule has 4 nitrogen and oxygen atoms in total. The number of thiocarbonyl (C=S) groups is 1. The van der Waals surface area contributed by atoms with E-state index in [-0.39, 0.29) is 0 Å². The molecule has 21 heavy (non-hydrogen) atoms. The van der Waals surface area contributed by atoms with Gasteiger partial charge in [-0.05, 0) is 37.6 Å². The highest BCUT2D eigenvalue weighted by Gasteiger charge is 2.32. The quantitative estimate of drug-likeness (QED) is 0.788. The summed E-state index contributed by atoms with van der Waals surface area (Å²) in [5, 5.41) is 10.5. The van der Waals surface area contributed by atoms with Crippen molar-refractivity contribution in [3.63, 3.8) is 0 Å². The van der Waals surface area contributed by atoms with Crippen LogP contribution in [0.5, 0.6) is 5.75 Å². The number of likely N-dealkylation sites (N-methyl/N-ethyl adjacent to an activating group) is 1. The van der Waals surface area contributed by atoms with Crippen molar-refractivity contribution in [1.82, 2.24) is 4.90 Å². The Morgan fingerprint density at radius 2 is 2.10 bits per heavy atom. The molecular weight excluding hydrogens is 284 g/mol. The van der Waals surface area contributed by atoms with Crippen LogP contribution in [0.15, 0.2) is 18.2 Å². The van der Waals surface area contributed by atoms with Crippen LogP contribution in [0.2, 0.25) is 0 Å². The van der Waals surface area contributed by atoms with Crippen molar-refractivity contribution in [2.75, 3.05) is 20.7 Å². The number of benzene rings is 1. The van der Waals surface area contributed by atoms with E-state index in [1.54, 1.807) is 7.11 Å². The molecule has 0 radical (unpaired) electrons. The van der Waals surface area contributed by atoms with Gasteiger partial charge >= 0.3 is 0 Å². The van der Waals surface area contributed by atoms with Gasteiger partial charge in [0.05, 0.1) is 18.3 Å². The lowest BCUT2D eigenvalue weighted by atomic mass is 10.0. The summed E-state index contributed by atoms with van der Waals surface area (Å²) in [7, 11) is 3.65. The second-order valence-electron chi connectivity index (χ2n) is 6.00. The van der Waals surface area contributed by atoms with Gasteiger partial charge in [-0.1, -0.05) is 31.1 Å². The molecule has 1 aliphatic carbocycles. The van der Waals surface area contributed by atoms with Gasteiger partial charge in [-0.3, -0.25) is 4.90 Å². The molecule has 1 aromatic rings. The number of ether oxygens (including phenoxy) is 1. The summed E-state index contributed by atoms with van der Waals surface area (Å²) in [5.41, 5.74) is 7.04. The maximum atomic E-state index is 10.5. The Hall–Kier alpha value is -1.17. The van der Waals surface area contributed by atoms with Crippen LogP contribution in [0.3, 0.4) is 0 Å². The fraction of sp³-hybridized carbons (Fsp3) is 0.562. The van der Waals surface area contributed by atoms with E-state index in [4.69, 9.17) is 22.7 Å². The molecule has 3 N–H and O–H groups in total. The third-order valence-corrected chi connectivity index (χ3v) is 4.30. The molecular formula is C16H24N2O2S. The zero-order valence-corrected chi connectivity index (χ0v) is 13.6. The normalized spacial score (nSPS) is 17.1. The molecule has 1 aromatic carbocycles. The van der Waals surface area contributed by atoms with E-state index in [2.05, 4.69) is 4.90 Å². The Morgan fingerprint density at radius 3 is 2.67 bits per heavy atom. The van der Waals surface area contributed by atoms with Crippen LogP contribution in [0.1, 0.15) is 36.8 Å². The van der Waals surface area contributed by atoms with Gasteiger partial charge in [-0.25, -0.2) is 0 Å². The average Bonchev–Trinajstić information content (AvgIpc) is 2.84. The van der Waals surface area contributed by atoms with E-state index >= 15 is 0 Å². The molecule has 0 spiro atoms. The zero-order chi connectivity index (χ0) is 15.5. The van der Waals surface area contributed by atoms with Crippen molar-refractivity contribution < 1.29 is 9.84 Å². The Bertz CT molecular complexity index is 513. The standard InChI is InChI=1S/C16H24N2O2S/c1-18(11-16(19)7-3-4-8-16)10-12-5-6-13(15(17)21)14(9-12)20-2/h5-6,9,19H,3-4,7-8,10-11H2,1-2H3,(H2,17,21). The van der Waals surface area contributed by atoms with Crippen LogP contribution in [-0.2, 0) is 6.54 Å². The van der Waals surface area contributed by atoms with Crippen LogP contribution in [0, 0.1) is 0 Å². The molecule has 5 heteroatoms. The van der Waals surface area contributed by atoms with Crippen LogP contribution < -0.4 is 10.5 Å². The van der Waals surface area contributed by atoms with Crippen LogP contribution in [0.4, 0.5) is 0 Å². The van der Waals surface area contributed by atoms with Gasteiger partial charge in [0.2, 0.25) is 0 Å². The summed E-state index contributed by atoms with van der Waals surface area (Å²) in [6.07, 6.45) is 4.06. The van der Waals surface area contributed by atoms with Crippen LogP contribution in [0.25, 0.3) is 0 Å². The van der Waals surface area contributed by atoms with Gasteiger partial charge < -0.3 is 15.6 Å². The first-order chi connectivity index (χ1) is 9.93. The summed E-state index contributed by atoms with van der Waals surface area (Å²) in [6.45, 7) is 1.46. The maximum Gasteiger partial charge on any atom is 0.129 e. The Balaban J connectivity index is 2.03. The molecule has 0 heterocycles. The summed E-state index contributed by atoms with van der Waals surface area (Å²) in [5.74, 6) is 0.702. The van der Waals surface area contributed by atoms with Crippen molar-refractivity contribution in [1.29, 1.82) is 0 Å². The van der Waals surface area contributed by atoms with Crippen molar-refractivity contribution in [3.05, 3.63) is 29.3 Å². The van der Waals surface area contributed by atoms with E-state index in [0.29, 0.717) is 17.3 Å². The number of nitrogens with two attached hydrogens (primary N) is 1. The van der Waals surface area contributed by atoms with Gasteiger partial charge in [0.1, 0.15) is 10.7 Å². The lowest BCUT2D eigenvalue weighted by molar-refractivity contribution is 0.0145. The van der Waals surface area contributed by atoms with E-state index in [1.165, 1.54) is 0 Å². The van der Waals surface area contributed by atoms with E-state index < -0.39 is 5.60 Å². The minimum absolute atomic E-state index is 0.340. The van der Waals surface area contributed by atoms with Crippen molar-refractivity contribution in [3.8, 4) is 5.75 Å². The minimum Gasteiger partial charge on any atom is -0.496 e. The van der Waals surface area contributed by atoms with E-state index in [1.807, 2.05) is 25.2 Å². The summed E-state index contributed by atoms with van der Waals surface area (Å²) in [6, 6.07) is 5.87. The van der Waals surface area contributed by atoms with Crippen molar-refractivity contribution in [2.24, 2.45) is 5.73 Å². The fourth-order valence-electron chi connectivity index (χ4n) is 3.10. The highest BCUT2D eigenvalue weighted by atomic mass is 32.1. The Labute approximate surface area is 131 Å². The minimum atomic E-state index is -0.516. The van der Waals surface area contributed by atoms with Gasteiger partial charge in [0.25, 0.3) is 0 Å². The zero-order valence-electron chi connectivity index (χ0n) is 12.8. The molecule has 0 unspecified atom stereocenters. The largest absolute Gasteiger partial charge is 0.496 e. The summed E-state index contributed by atoms with van der Waals surface area (Å²) < 4.78 is 5.35. The van der Waals surface area contributed by atoms with Crippen molar-refractivity contribution in [2.45, 2.75) is 37.8 Å². The third-order valence-electron chi connectivity index (χ3n) is 4.08. The number of aliphatic hydroxyl groups is 1. The smallest absolute Gasteiger partial charge is 0.129 e. The van der Waals surface area contributed by atoms with Crippen molar-refractivity contribution >= 4 is 17.2 Å². The molecule has 0 saturated heterocycles. The summed E-state index contributed by atoms with van der Waals surface area (Å²) in [4.78, 5) is 2.49. The highest BCUT2D eigenvalue weighted by molar-refractivity contribution is 7.80. The maximum absolute atomic E-state index is 10.5. The fourth-order valence-corrected chi connectivity index (χ4v) is 3.27. The predicted molar refractivity (Wildman–Crippen MR) is 88.6 cm³/mol. The first-order valence-corrected chi connectivity index (χ1v) is 7.72. The van der Waals surface area contributed by atoms with Crippen LogP contribution in [-0.4, -0.2) is 41.3 Å². The number of hydrogen-bond donors (Lipinski definition) is 2. The first kappa shape index (κ1) is 16.2. The molecule has 2 rings (SSSR count). The van der Waals surface area contributed by atoms with Gasteiger partial charge in [0.15, 0.2) is 0 Å². The molecule has 1 aliphatic rings. The monoisotopic (exact) mass is 308 g/mol. The SMILES string of the molecule is COc1cc(CN(C)CC2(O)CCCC2)ccc1C(N)=S. The molecule has 0 aliphatic heterocycles. The molecule has 0 aromatic heterocycles. The third kappa shape index (κ3) is 4.15. The topological polar surface area (TPSA) is 58.7 Å². The first-order valence-electron chi connectivity index (χ1n) is 7.31. The lowest BCUT2D eigenvalue weighted by Gasteiger charge is -2.28. The molecule has 1 saturated carbocycles. The van der Waals surface area contributed by atoms with Gasteiger partial charge in [-0.2, -0.15) is 0 Å². The highest BCUT2D eigenvalue weighted by Crippen LogP contribution is 2.30. The number of nitrogens with zero attached hydrogens (tertiary/aromatic N) is 1. The lowest BCUT2D eigenvalue weighted by Crippen LogP contribution is -2.38. The predicted octanol–water partition coefficient (Wildman–Crippen LogP) is 2.07. The average molecular weight is 308 g/mol. The molecule has 0 amide bonds.